The summed E-state index contributed by atoms with van der Waals surface area (Å²) in [4.78, 5) is 13.4. The van der Waals surface area contributed by atoms with Crippen LogP contribution in [0.15, 0.2) is 84.9 Å². The fourth-order valence-electron chi connectivity index (χ4n) is 5.40. The van der Waals surface area contributed by atoms with E-state index in [0.717, 1.165) is 34.7 Å². The van der Waals surface area contributed by atoms with E-state index in [1.54, 1.807) is 30.3 Å². The Labute approximate surface area is 237 Å². The summed E-state index contributed by atoms with van der Waals surface area (Å²) in [5, 5.41) is 10.4. The number of anilines is 1. The second-order valence-corrected chi connectivity index (χ2v) is 10.5. The highest BCUT2D eigenvalue weighted by atomic mass is 19.4. The third-order valence-corrected chi connectivity index (χ3v) is 7.49. The van der Waals surface area contributed by atoms with E-state index < -0.39 is 17.8 Å². The van der Waals surface area contributed by atoms with Crippen LogP contribution in [0.25, 0.3) is 5.69 Å². The number of nitrogens with zero attached hydrogens (tertiary/aromatic N) is 2. The number of halogens is 3. The summed E-state index contributed by atoms with van der Waals surface area (Å²) in [6.45, 7) is 0.201. The predicted octanol–water partition coefficient (Wildman–Crippen LogP) is 7.00. The highest BCUT2D eigenvalue weighted by Gasteiger charge is 2.36. The van der Waals surface area contributed by atoms with Gasteiger partial charge in [-0.1, -0.05) is 80.3 Å². The van der Waals surface area contributed by atoms with Gasteiger partial charge in [-0.3, -0.25) is 4.79 Å². The number of nitrogens with one attached hydrogen (secondary N) is 2. The van der Waals surface area contributed by atoms with Crippen LogP contribution >= 0.6 is 0 Å². The Morgan fingerprint density at radius 3 is 2.32 bits per heavy atom. The van der Waals surface area contributed by atoms with Crippen LogP contribution < -0.4 is 16.4 Å². The molecule has 1 unspecified atom stereocenters. The Hall–Kier alpha value is -3.95. The number of carbonyl (C=O) groups excluding carboxylic acids is 1. The lowest BCUT2D eigenvalue weighted by Gasteiger charge is -2.26. The van der Waals surface area contributed by atoms with Gasteiger partial charge in [-0.15, -0.1) is 0 Å². The number of amides is 1. The molecule has 1 fully saturated rings. The zero-order chi connectivity index (χ0) is 28.8. The Kier molecular flexibility index (Phi) is 8.85. The van der Waals surface area contributed by atoms with E-state index in [2.05, 4.69) is 27.9 Å². The third-order valence-electron chi connectivity index (χ3n) is 7.49. The first-order valence-corrected chi connectivity index (χ1v) is 14.0. The number of hydrogen-bond donors (Lipinski definition) is 3. The highest BCUT2D eigenvalue weighted by molar-refractivity contribution is 6.03. The van der Waals surface area contributed by atoms with Gasteiger partial charge in [0.25, 0.3) is 5.91 Å². The zero-order valence-electron chi connectivity index (χ0n) is 22.7. The Balaban J connectivity index is 1.45. The maximum atomic E-state index is 13.6. The SMILES string of the molecule is NCc1cccc(-n2nc(C(F)(F)F)cc2C(=O)Nc2cccc(C(NC3CCCCCC3)c3ccccc3)c2)c1. The quantitative estimate of drug-likeness (QED) is 0.202. The van der Waals surface area contributed by atoms with Crippen molar-refractivity contribution in [2.75, 3.05) is 5.32 Å². The molecule has 1 heterocycles. The van der Waals surface area contributed by atoms with Crippen LogP contribution in [-0.2, 0) is 12.7 Å². The predicted molar refractivity (Wildman–Crippen MR) is 154 cm³/mol. The van der Waals surface area contributed by atoms with Crippen molar-refractivity contribution in [2.24, 2.45) is 5.73 Å². The van der Waals surface area contributed by atoms with Gasteiger partial charge in [-0.2, -0.15) is 18.3 Å². The summed E-state index contributed by atoms with van der Waals surface area (Å²) in [5.41, 5.74) is 7.92. The molecule has 1 aliphatic carbocycles. The second-order valence-electron chi connectivity index (χ2n) is 10.5. The van der Waals surface area contributed by atoms with E-state index in [4.69, 9.17) is 5.73 Å². The molecule has 4 N–H and O–H groups in total. The first kappa shape index (κ1) is 28.6. The van der Waals surface area contributed by atoms with Crippen molar-refractivity contribution in [3.05, 3.63) is 113 Å². The van der Waals surface area contributed by atoms with Crippen LogP contribution in [0.5, 0.6) is 0 Å². The van der Waals surface area contributed by atoms with Gasteiger partial charge in [0, 0.05) is 24.3 Å². The van der Waals surface area contributed by atoms with E-state index in [9.17, 15) is 18.0 Å². The largest absolute Gasteiger partial charge is 0.435 e. The number of rotatable bonds is 8. The molecule has 1 aliphatic rings. The minimum atomic E-state index is -4.71. The summed E-state index contributed by atoms with van der Waals surface area (Å²) < 4.78 is 41.9. The van der Waals surface area contributed by atoms with Gasteiger partial charge < -0.3 is 16.4 Å². The molecule has 1 aromatic heterocycles. The first-order chi connectivity index (χ1) is 19.8. The lowest BCUT2D eigenvalue weighted by atomic mass is 9.96. The minimum Gasteiger partial charge on any atom is -0.326 e. The van der Waals surface area contributed by atoms with Gasteiger partial charge >= 0.3 is 6.18 Å². The summed E-state index contributed by atoms with van der Waals surface area (Å²) in [6, 6.07) is 25.3. The number of benzene rings is 3. The molecule has 1 amide bonds. The average molecular weight is 562 g/mol. The molecule has 1 saturated carbocycles. The molecule has 0 spiro atoms. The molecule has 0 bridgehead atoms. The molecule has 6 nitrogen and oxygen atoms in total. The van der Waals surface area contributed by atoms with E-state index in [0.29, 0.717) is 23.0 Å². The molecular formula is C32H34F3N5O. The second kappa shape index (κ2) is 12.7. The highest BCUT2D eigenvalue weighted by Crippen LogP contribution is 2.31. The van der Waals surface area contributed by atoms with E-state index >= 15 is 0 Å². The van der Waals surface area contributed by atoms with E-state index in [-0.39, 0.29) is 18.3 Å². The van der Waals surface area contributed by atoms with Crippen LogP contribution in [-0.4, -0.2) is 21.7 Å². The summed E-state index contributed by atoms with van der Waals surface area (Å²) >= 11 is 0. The Bertz CT molecular complexity index is 1460. The third kappa shape index (κ3) is 7.04. The maximum absolute atomic E-state index is 13.6. The molecule has 41 heavy (non-hydrogen) atoms. The summed E-state index contributed by atoms with van der Waals surface area (Å²) in [7, 11) is 0. The fourth-order valence-corrected chi connectivity index (χ4v) is 5.40. The number of hydrogen-bond acceptors (Lipinski definition) is 4. The normalized spacial score (nSPS) is 15.3. The molecule has 3 aromatic carbocycles. The molecular weight excluding hydrogens is 527 g/mol. The zero-order valence-corrected chi connectivity index (χ0v) is 22.7. The number of aromatic nitrogens is 2. The maximum Gasteiger partial charge on any atom is 0.435 e. The number of nitrogens with two attached hydrogens (primary N) is 1. The van der Waals surface area contributed by atoms with Crippen LogP contribution in [0.3, 0.4) is 0 Å². The van der Waals surface area contributed by atoms with Crippen molar-refractivity contribution >= 4 is 11.6 Å². The standard InChI is InChI=1S/C32H34F3N5O/c33-32(34,35)29-20-28(40(39-29)27-17-8-10-22(18-27)21-36)31(41)38-26-16-9-13-24(19-26)30(23-11-4-3-5-12-23)37-25-14-6-1-2-7-15-25/h3-5,8-13,16-20,25,30,37H,1-2,6-7,14-15,21,36H2,(H,38,41). The van der Waals surface area contributed by atoms with Crippen molar-refractivity contribution in [3.63, 3.8) is 0 Å². The van der Waals surface area contributed by atoms with E-state index in [1.165, 1.54) is 25.7 Å². The van der Waals surface area contributed by atoms with Crippen molar-refractivity contribution in [1.82, 2.24) is 15.1 Å². The van der Waals surface area contributed by atoms with Crippen LogP contribution in [0.2, 0.25) is 0 Å². The lowest BCUT2D eigenvalue weighted by molar-refractivity contribution is -0.141. The number of carbonyl (C=O) groups is 1. The van der Waals surface area contributed by atoms with Gasteiger partial charge in [0.15, 0.2) is 5.69 Å². The first-order valence-electron chi connectivity index (χ1n) is 14.0. The summed E-state index contributed by atoms with van der Waals surface area (Å²) in [6.07, 6.45) is 2.39. The van der Waals surface area contributed by atoms with Crippen LogP contribution in [0, 0.1) is 0 Å². The van der Waals surface area contributed by atoms with E-state index in [1.807, 2.05) is 36.4 Å². The van der Waals surface area contributed by atoms with Gasteiger partial charge in [0.2, 0.25) is 0 Å². The monoisotopic (exact) mass is 561 g/mol. The molecule has 4 aromatic rings. The summed E-state index contributed by atoms with van der Waals surface area (Å²) in [5.74, 6) is -0.698. The molecule has 0 radical (unpaired) electrons. The lowest BCUT2D eigenvalue weighted by Crippen LogP contribution is -2.33. The average Bonchev–Trinajstić information content (AvgIpc) is 3.29. The smallest absolute Gasteiger partial charge is 0.326 e. The molecule has 5 rings (SSSR count). The van der Waals surface area contributed by atoms with Crippen LogP contribution in [0.1, 0.15) is 77.4 Å². The van der Waals surface area contributed by atoms with Crippen molar-refractivity contribution in [3.8, 4) is 5.69 Å². The minimum absolute atomic E-state index is 0.0995. The van der Waals surface area contributed by atoms with Crippen molar-refractivity contribution in [2.45, 2.75) is 63.3 Å². The van der Waals surface area contributed by atoms with Gasteiger partial charge in [-0.25, -0.2) is 4.68 Å². The van der Waals surface area contributed by atoms with Crippen molar-refractivity contribution in [1.29, 1.82) is 0 Å². The van der Waals surface area contributed by atoms with Gasteiger partial charge in [0.1, 0.15) is 5.69 Å². The van der Waals surface area contributed by atoms with Crippen molar-refractivity contribution < 1.29 is 18.0 Å². The Morgan fingerprint density at radius 2 is 1.61 bits per heavy atom. The van der Waals surface area contributed by atoms with Gasteiger partial charge in [0.05, 0.1) is 11.7 Å². The molecule has 1 atom stereocenters. The molecule has 0 aliphatic heterocycles. The fraction of sp³-hybridized carbons (Fsp3) is 0.312. The molecule has 9 heteroatoms. The van der Waals surface area contributed by atoms with Crippen LogP contribution in [0.4, 0.5) is 18.9 Å². The molecule has 0 saturated heterocycles. The topological polar surface area (TPSA) is 85.0 Å². The number of alkyl halides is 3. The van der Waals surface area contributed by atoms with Gasteiger partial charge in [-0.05, 0) is 53.8 Å². The Morgan fingerprint density at radius 1 is 0.902 bits per heavy atom. The molecule has 214 valence electrons.